The van der Waals surface area contributed by atoms with E-state index in [9.17, 15) is 13.6 Å². The summed E-state index contributed by atoms with van der Waals surface area (Å²) in [6.07, 6.45) is 0. The molecule has 6 heteroatoms. The molecule has 0 aliphatic rings. The summed E-state index contributed by atoms with van der Waals surface area (Å²) in [5, 5.41) is 0.126. The summed E-state index contributed by atoms with van der Waals surface area (Å²) in [6.45, 7) is 0. The van der Waals surface area contributed by atoms with E-state index in [1.165, 1.54) is 20.3 Å². The fourth-order valence-electron chi connectivity index (χ4n) is 1.01. The maximum atomic E-state index is 12.8. The molecule has 0 spiro atoms. The molecule has 3 nitrogen and oxygen atoms in total. The van der Waals surface area contributed by atoms with Gasteiger partial charge in [-0.25, -0.2) is 8.78 Å². The highest BCUT2D eigenvalue weighted by Crippen LogP contribution is 2.07. The minimum atomic E-state index is -3.53. The zero-order valence-corrected chi connectivity index (χ0v) is 8.75. The van der Waals surface area contributed by atoms with E-state index in [-0.39, 0.29) is 5.19 Å². The Morgan fingerprint density at radius 1 is 1.14 bits per heavy atom. The lowest BCUT2D eigenvalue weighted by molar-refractivity contribution is 0.169. The normalized spacial score (nSPS) is 11.8. The van der Waals surface area contributed by atoms with Crippen LogP contribution in [-0.4, -0.2) is 27.8 Å². The van der Waals surface area contributed by atoms with E-state index in [2.05, 4.69) is 0 Å². The average molecular weight is 220 g/mol. The lowest BCUT2D eigenvalue weighted by atomic mass is 10.3. The van der Waals surface area contributed by atoms with Gasteiger partial charge in [0.15, 0.2) is 11.6 Å². The summed E-state index contributed by atoms with van der Waals surface area (Å²) in [7, 11) is -1.04. The third kappa shape index (κ3) is 1.98. The van der Waals surface area contributed by atoms with Gasteiger partial charge in [-0.05, 0) is 12.1 Å². The van der Waals surface area contributed by atoms with Crippen LogP contribution in [0.15, 0.2) is 18.2 Å². The van der Waals surface area contributed by atoms with Crippen molar-refractivity contribution in [2.75, 3.05) is 14.2 Å². The molecule has 0 radical (unpaired) electrons. The number of rotatable bonds is 3. The van der Waals surface area contributed by atoms with Gasteiger partial charge in [-0.3, -0.25) is 0 Å². The molecule has 0 aliphatic carbocycles. The van der Waals surface area contributed by atoms with Crippen LogP contribution in [0.25, 0.3) is 0 Å². The first-order valence-electron chi connectivity index (χ1n) is 3.81. The van der Waals surface area contributed by atoms with Crippen LogP contribution in [0.4, 0.5) is 8.78 Å². The zero-order valence-electron chi connectivity index (χ0n) is 7.75. The van der Waals surface area contributed by atoms with Crippen molar-refractivity contribution in [1.29, 1.82) is 0 Å². The van der Waals surface area contributed by atoms with Crippen LogP contribution in [0.1, 0.15) is 0 Å². The maximum Gasteiger partial charge on any atom is 0.534 e. The highest BCUT2D eigenvalue weighted by Gasteiger charge is 2.37. The van der Waals surface area contributed by atoms with Gasteiger partial charge in [0.2, 0.25) is 0 Å². The van der Waals surface area contributed by atoms with Crippen LogP contribution in [0.5, 0.6) is 0 Å². The van der Waals surface area contributed by atoms with Crippen molar-refractivity contribution in [2.24, 2.45) is 0 Å². The first kappa shape index (κ1) is 11.3. The molecule has 0 bridgehead atoms. The number of benzene rings is 1. The van der Waals surface area contributed by atoms with Gasteiger partial charge in [0, 0.05) is 19.4 Å². The van der Waals surface area contributed by atoms with Crippen LogP contribution in [0, 0.1) is 11.6 Å². The fraction of sp³-hybridized carbons (Fsp3) is 0.250. The molecule has 0 aromatic heterocycles. The van der Waals surface area contributed by atoms with Crippen molar-refractivity contribution >= 4 is 14.0 Å². The predicted octanol–water partition coefficient (Wildman–Crippen LogP) is 0.396. The molecular formula is C8H10F2O3Si. The summed E-state index contributed by atoms with van der Waals surface area (Å²) in [5.74, 6) is -2.01. The fourth-order valence-corrected chi connectivity index (χ4v) is 2.25. The number of hydrogen-bond acceptors (Lipinski definition) is 3. The second-order valence-corrected chi connectivity index (χ2v) is 5.18. The molecule has 0 saturated heterocycles. The van der Waals surface area contributed by atoms with E-state index in [4.69, 9.17) is 8.85 Å². The van der Waals surface area contributed by atoms with E-state index in [1.54, 1.807) is 0 Å². The van der Waals surface area contributed by atoms with Crippen molar-refractivity contribution in [2.45, 2.75) is 0 Å². The summed E-state index contributed by atoms with van der Waals surface area (Å²) in [6, 6.07) is 3.02. The third-order valence-corrected chi connectivity index (χ3v) is 3.99. The Kier molecular flexibility index (Phi) is 3.32. The van der Waals surface area contributed by atoms with E-state index in [0.717, 1.165) is 12.1 Å². The average Bonchev–Trinajstić information content (AvgIpc) is 2.21. The largest absolute Gasteiger partial charge is 0.534 e. The van der Waals surface area contributed by atoms with Gasteiger partial charge in [-0.2, -0.15) is 0 Å². The summed E-state index contributed by atoms with van der Waals surface area (Å²) >= 11 is 0. The molecule has 0 heterocycles. The van der Waals surface area contributed by atoms with Crippen LogP contribution >= 0.6 is 0 Å². The minimum absolute atomic E-state index is 0.126. The monoisotopic (exact) mass is 220 g/mol. The van der Waals surface area contributed by atoms with Gasteiger partial charge in [0.25, 0.3) is 0 Å². The van der Waals surface area contributed by atoms with Crippen LogP contribution < -0.4 is 5.19 Å². The molecule has 14 heavy (non-hydrogen) atoms. The highest BCUT2D eigenvalue weighted by atomic mass is 28.4. The Bertz CT molecular complexity index is 328. The Labute approximate surface area is 81.3 Å². The lowest BCUT2D eigenvalue weighted by Crippen LogP contribution is -2.52. The predicted molar refractivity (Wildman–Crippen MR) is 48.0 cm³/mol. The van der Waals surface area contributed by atoms with Gasteiger partial charge in [0.1, 0.15) is 0 Å². The smallest absolute Gasteiger partial charge is 0.386 e. The van der Waals surface area contributed by atoms with Gasteiger partial charge < -0.3 is 13.6 Å². The van der Waals surface area contributed by atoms with E-state index in [0.29, 0.717) is 0 Å². The molecule has 78 valence electrons. The minimum Gasteiger partial charge on any atom is -0.386 e. The number of halogens is 2. The van der Waals surface area contributed by atoms with Gasteiger partial charge in [0.05, 0.1) is 0 Å². The Hall–Kier alpha value is -0.823. The van der Waals surface area contributed by atoms with Crippen molar-refractivity contribution in [3.63, 3.8) is 0 Å². The van der Waals surface area contributed by atoms with Crippen LogP contribution in [-0.2, 0) is 8.85 Å². The summed E-state index contributed by atoms with van der Waals surface area (Å²) < 4.78 is 34.9. The molecule has 1 aromatic carbocycles. The van der Waals surface area contributed by atoms with E-state index >= 15 is 0 Å². The molecule has 1 N–H and O–H groups in total. The Balaban J connectivity index is 3.12. The van der Waals surface area contributed by atoms with Crippen molar-refractivity contribution < 1.29 is 22.4 Å². The molecule has 1 rings (SSSR count). The van der Waals surface area contributed by atoms with Gasteiger partial charge >= 0.3 is 8.80 Å². The van der Waals surface area contributed by atoms with Crippen molar-refractivity contribution in [1.82, 2.24) is 0 Å². The second-order valence-electron chi connectivity index (χ2n) is 2.62. The lowest BCUT2D eigenvalue weighted by Gasteiger charge is -2.19. The molecule has 0 saturated carbocycles. The van der Waals surface area contributed by atoms with Gasteiger partial charge in [-0.1, -0.05) is 6.07 Å². The van der Waals surface area contributed by atoms with Crippen LogP contribution in [0.3, 0.4) is 0 Å². The molecule has 0 aliphatic heterocycles. The first-order chi connectivity index (χ1) is 6.53. The zero-order chi connectivity index (χ0) is 10.8. The molecule has 1 aromatic rings. The molecule has 0 fully saturated rings. The molecule has 0 unspecified atom stereocenters. The second kappa shape index (κ2) is 4.14. The van der Waals surface area contributed by atoms with Crippen LogP contribution in [0.2, 0.25) is 0 Å². The van der Waals surface area contributed by atoms with Crippen molar-refractivity contribution in [3.05, 3.63) is 29.8 Å². The third-order valence-electron chi connectivity index (χ3n) is 1.84. The quantitative estimate of drug-likeness (QED) is 0.749. The standard InChI is InChI=1S/C8H10F2O3Si/c1-12-14(11,13-2)6-3-4-7(9)8(10)5-6/h3-5,11H,1-2H3. The highest BCUT2D eigenvalue weighted by molar-refractivity contribution is 6.74. The first-order valence-corrected chi connectivity index (χ1v) is 5.58. The van der Waals surface area contributed by atoms with Gasteiger partial charge in [-0.15, -0.1) is 0 Å². The maximum absolute atomic E-state index is 12.8. The number of hydrogen-bond donors (Lipinski definition) is 1. The SMILES string of the molecule is CO[Si](O)(OC)c1ccc(F)c(F)c1. The molecule has 0 atom stereocenters. The summed E-state index contributed by atoms with van der Waals surface area (Å²) in [5.41, 5.74) is 0. The Morgan fingerprint density at radius 2 is 1.71 bits per heavy atom. The van der Waals surface area contributed by atoms with Crippen molar-refractivity contribution in [3.8, 4) is 0 Å². The van der Waals surface area contributed by atoms with E-state index in [1.807, 2.05) is 0 Å². The topological polar surface area (TPSA) is 38.7 Å². The summed E-state index contributed by atoms with van der Waals surface area (Å²) in [4.78, 5) is 9.72. The van der Waals surface area contributed by atoms with E-state index < -0.39 is 20.4 Å². The Morgan fingerprint density at radius 3 is 2.14 bits per heavy atom. The molecular weight excluding hydrogens is 210 g/mol. The molecule has 0 amide bonds.